The zero-order valence-corrected chi connectivity index (χ0v) is 11.1. The second-order valence-electron chi connectivity index (χ2n) is 4.62. The SMILES string of the molecule is CCC(C)c1ccc2c(n1)C(C)CNC2.Cl. The minimum absolute atomic E-state index is 0. The lowest BCUT2D eigenvalue weighted by atomic mass is 9.95. The number of nitrogens with one attached hydrogen (secondary N) is 1. The fourth-order valence-electron chi connectivity index (χ4n) is 2.10. The van der Waals surface area contributed by atoms with E-state index in [0.717, 1.165) is 13.1 Å². The Morgan fingerprint density at radius 1 is 1.50 bits per heavy atom. The molecule has 2 atom stereocenters. The molecule has 0 spiro atoms. The molecule has 2 nitrogen and oxygen atoms in total. The Hall–Kier alpha value is -0.600. The Balaban J connectivity index is 0.00000128. The van der Waals surface area contributed by atoms with E-state index < -0.39 is 0 Å². The smallest absolute Gasteiger partial charge is 0.0492 e. The van der Waals surface area contributed by atoms with E-state index in [4.69, 9.17) is 4.98 Å². The highest BCUT2D eigenvalue weighted by Gasteiger charge is 2.18. The van der Waals surface area contributed by atoms with Gasteiger partial charge in [0.2, 0.25) is 0 Å². The average Bonchev–Trinajstić information content (AvgIpc) is 2.28. The minimum atomic E-state index is 0. The van der Waals surface area contributed by atoms with Crippen molar-refractivity contribution in [1.82, 2.24) is 10.3 Å². The quantitative estimate of drug-likeness (QED) is 0.859. The van der Waals surface area contributed by atoms with E-state index in [1.165, 1.54) is 23.4 Å². The molecule has 0 saturated carbocycles. The highest BCUT2D eigenvalue weighted by molar-refractivity contribution is 5.85. The third-order valence-electron chi connectivity index (χ3n) is 3.38. The molecule has 0 saturated heterocycles. The van der Waals surface area contributed by atoms with E-state index in [1.54, 1.807) is 0 Å². The van der Waals surface area contributed by atoms with Gasteiger partial charge in [-0.25, -0.2) is 0 Å². The lowest BCUT2D eigenvalue weighted by molar-refractivity contribution is 0.550. The Labute approximate surface area is 104 Å². The first-order chi connectivity index (χ1) is 7.22. The van der Waals surface area contributed by atoms with Crippen molar-refractivity contribution < 1.29 is 0 Å². The van der Waals surface area contributed by atoms with E-state index >= 15 is 0 Å². The van der Waals surface area contributed by atoms with E-state index in [-0.39, 0.29) is 12.4 Å². The van der Waals surface area contributed by atoms with Gasteiger partial charge >= 0.3 is 0 Å². The van der Waals surface area contributed by atoms with Gasteiger partial charge in [-0.15, -0.1) is 12.4 Å². The molecule has 2 unspecified atom stereocenters. The van der Waals surface area contributed by atoms with Crippen molar-refractivity contribution in [3.63, 3.8) is 0 Å². The molecule has 0 aromatic carbocycles. The van der Waals surface area contributed by atoms with Crippen LogP contribution in [-0.4, -0.2) is 11.5 Å². The molecule has 1 aromatic rings. The topological polar surface area (TPSA) is 24.9 Å². The molecule has 90 valence electrons. The van der Waals surface area contributed by atoms with Crippen LogP contribution in [0, 0.1) is 0 Å². The van der Waals surface area contributed by atoms with Gasteiger partial charge in [0.05, 0.1) is 0 Å². The Morgan fingerprint density at radius 2 is 2.25 bits per heavy atom. The van der Waals surface area contributed by atoms with E-state index in [9.17, 15) is 0 Å². The van der Waals surface area contributed by atoms with Gasteiger partial charge in [-0.1, -0.05) is 26.8 Å². The largest absolute Gasteiger partial charge is 0.312 e. The Kier molecular flexibility index (Phi) is 4.75. The van der Waals surface area contributed by atoms with Crippen molar-refractivity contribution in [2.75, 3.05) is 6.54 Å². The van der Waals surface area contributed by atoms with Crippen LogP contribution in [0.15, 0.2) is 12.1 Å². The lowest BCUT2D eigenvalue weighted by Crippen LogP contribution is -2.28. The molecule has 1 aliphatic rings. The lowest BCUT2D eigenvalue weighted by Gasteiger charge is -2.23. The molecule has 1 aliphatic heterocycles. The molecule has 1 N–H and O–H groups in total. The van der Waals surface area contributed by atoms with E-state index in [0.29, 0.717) is 11.8 Å². The van der Waals surface area contributed by atoms with E-state index in [1.807, 2.05) is 0 Å². The standard InChI is InChI=1S/C13H20N2.ClH/c1-4-9(2)12-6-5-11-8-14-7-10(3)13(11)15-12;/h5-6,9-10,14H,4,7-8H2,1-3H3;1H. The molecule has 3 heteroatoms. The normalized spacial score (nSPS) is 20.8. The second-order valence-corrected chi connectivity index (χ2v) is 4.62. The number of rotatable bonds is 2. The summed E-state index contributed by atoms with van der Waals surface area (Å²) in [5.74, 6) is 1.13. The number of pyridine rings is 1. The number of aromatic nitrogens is 1. The van der Waals surface area contributed by atoms with Crippen molar-refractivity contribution in [3.05, 3.63) is 29.1 Å². The van der Waals surface area contributed by atoms with Gasteiger partial charge in [0.1, 0.15) is 0 Å². The van der Waals surface area contributed by atoms with Gasteiger partial charge in [0.25, 0.3) is 0 Å². The molecular formula is C13H21ClN2. The molecule has 2 heterocycles. The summed E-state index contributed by atoms with van der Waals surface area (Å²) in [5.41, 5.74) is 3.94. The number of hydrogen-bond acceptors (Lipinski definition) is 2. The molecule has 0 aliphatic carbocycles. The van der Waals surface area contributed by atoms with Crippen LogP contribution >= 0.6 is 12.4 Å². The molecule has 0 radical (unpaired) electrons. The predicted molar refractivity (Wildman–Crippen MR) is 70.3 cm³/mol. The van der Waals surface area contributed by atoms with Crippen LogP contribution in [0.5, 0.6) is 0 Å². The van der Waals surface area contributed by atoms with Crippen molar-refractivity contribution >= 4 is 12.4 Å². The molecule has 0 fully saturated rings. The summed E-state index contributed by atoms with van der Waals surface area (Å²) in [6.45, 7) is 8.76. The second kappa shape index (κ2) is 5.65. The zero-order chi connectivity index (χ0) is 10.8. The Bertz CT molecular complexity index is 352. The zero-order valence-electron chi connectivity index (χ0n) is 10.3. The van der Waals surface area contributed by atoms with Crippen LogP contribution in [0.25, 0.3) is 0 Å². The van der Waals surface area contributed by atoms with Gasteiger partial charge < -0.3 is 5.32 Å². The first-order valence-corrected chi connectivity index (χ1v) is 5.92. The van der Waals surface area contributed by atoms with E-state index in [2.05, 4.69) is 38.2 Å². The maximum atomic E-state index is 4.83. The molecule has 0 bridgehead atoms. The average molecular weight is 241 g/mol. The number of halogens is 1. The third-order valence-corrected chi connectivity index (χ3v) is 3.38. The summed E-state index contributed by atoms with van der Waals surface area (Å²) in [6.07, 6.45) is 1.17. The summed E-state index contributed by atoms with van der Waals surface area (Å²) in [7, 11) is 0. The van der Waals surface area contributed by atoms with Crippen molar-refractivity contribution in [2.24, 2.45) is 0 Å². The summed E-state index contributed by atoms with van der Waals surface area (Å²) < 4.78 is 0. The molecule has 2 rings (SSSR count). The first-order valence-electron chi connectivity index (χ1n) is 5.92. The summed E-state index contributed by atoms with van der Waals surface area (Å²) in [4.78, 5) is 4.83. The monoisotopic (exact) mass is 240 g/mol. The van der Waals surface area contributed by atoms with Crippen molar-refractivity contribution in [3.8, 4) is 0 Å². The van der Waals surface area contributed by atoms with Gasteiger partial charge in [-0.3, -0.25) is 4.98 Å². The fourth-order valence-corrected chi connectivity index (χ4v) is 2.10. The van der Waals surface area contributed by atoms with Crippen LogP contribution in [0.2, 0.25) is 0 Å². The van der Waals surface area contributed by atoms with Crippen molar-refractivity contribution in [1.29, 1.82) is 0 Å². The highest BCUT2D eigenvalue weighted by Crippen LogP contribution is 2.25. The summed E-state index contributed by atoms with van der Waals surface area (Å²) in [5, 5.41) is 3.41. The summed E-state index contributed by atoms with van der Waals surface area (Å²) >= 11 is 0. The first kappa shape index (κ1) is 13.5. The number of hydrogen-bond donors (Lipinski definition) is 1. The van der Waals surface area contributed by atoms with Gasteiger partial charge in [-0.05, 0) is 24.0 Å². The van der Waals surface area contributed by atoms with Crippen LogP contribution in [0.4, 0.5) is 0 Å². The Morgan fingerprint density at radius 3 is 2.94 bits per heavy atom. The molecule has 1 aromatic heterocycles. The number of fused-ring (bicyclic) bond motifs is 1. The highest BCUT2D eigenvalue weighted by atomic mass is 35.5. The molecular weight excluding hydrogens is 220 g/mol. The molecule has 0 amide bonds. The van der Waals surface area contributed by atoms with Crippen molar-refractivity contribution in [2.45, 2.75) is 45.6 Å². The molecule has 16 heavy (non-hydrogen) atoms. The summed E-state index contributed by atoms with van der Waals surface area (Å²) in [6, 6.07) is 4.43. The fraction of sp³-hybridized carbons (Fsp3) is 0.615. The van der Waals surface area contributed by atoms with Crippen LogP contribution in [-0.2, 0) is 6.54 Å². The van der Waals surface area contributed by atoms with Crippen LogP contribution in [0.3, 0.4) is 0 Å². The van der Waals surface area contributed by atoms with Crippen LogP contribution < -0.4 is 5.32 Å². The third kappa shape index (κ3) is 2.55. The maximum Gasteiger partial charge on any atom is 0.0492 e. The van der Waals surface area contributed by atoms with Crippen LogP contribution in [0.1, 0.15) is 56.0 Å². The van der Waals surface area contributed by atoms with Gasteiger partial charge in [0, 0.05) is 30.4 Å². The predicted octanol–water partition coefficient (Wildman–Crippen LogP) is 3.22. The maximum absolute atomic E-state index is 4.83. The van der Waals surface area contributed by atoms with Gasteiger partial charge in [-0.2, -0.15) is 0 Å². The van der Waals surface area contributed by atoms with Gasteiger partial charge in [0.15, 0.2) is 0 Å². The number of nitrogens with zero attached hydrogens (tertiary/aromatic N) is 1. The minimum Gasteiger partial charge on any atom is -0.312 e.